The molecule has 548 valence electrons. The largest absolute Gasteiger partial charge is 0.472 e. The molecular formula is C74H140O17P2. The second-order valence-corrected chi connectivity index (χ2v) is 29.4. The zero-order valence-corrected chi connectivity index (χ0v) is 61.7. The number of phosphoric ester groups is 2. The number of rotatable bonds is 72. The van der Waals surface area contributed by atoms with Gasteiger partial charge >= 0.3 is 39.5 Å². The average molecular weight is 1360 g/mol. The van der Waals surface area contributed by atoms with E-state index in [-0.39, 0.29) is 25.7 Å². The molecule has 17 nitrogen and oxygen atoms in total. The third kappa shape index (κ3) is 67.9. The van der Waals surface area contributed by atoms with Crippen molar-refractivity contribution < 1.29 is 80.2 Å². The van der Waals surface area contributed by atoms with Crippen molar-refractivity contribution >= 4 is 39.5 Å². The normalized spacial score (nSPS) is 14.2. The summed E-state index contributed by atoms with van der Waals surface area (Å²) in [4.78, 5) is 72.5. The Hall–Kier alpha value is -2.46. The van der Waals surface area contributed by atoms with Gasteiger partial charge in [-0.3, -0.25) is 37.3 Å². The van der Waals surface area contributed by atoms with E-state index in [1.165, 1.54) is 154 Å². The van der Waals surface area contributed by atoms with Crippen LogP contribution in [0.5, 0.6) is 0 Å². The molecule has 0 aromatic rings. The number of aliphatic hydroxyl groups is 1. The minimum atomic E-state index is -4.96. The fourth-order valence-electron chi connectivity index (χ4n) is 10.8. The molecular weight excluding hydrogens is 1220 g/mol. The van der Waals surface area contributed by atoms with E-state index in [9.17, 15) is 43.2 Å². The van der Waals surface area contributed by atoms with Gasteiger partial charge in [0.2, 0.25) is 0 Å². The van der Waals surface area contributed by atoms with Crippen molar-refractivity contribution in [2.45, 2.75) is 380 Å². The van der Waals surface area contributed by atoms with E-state index in [0.717, 1.165) is 128 Å². The topological polar surface area (TPSA) is 237 Å². The van der Waals surface area contributed by atoms with Gasteiger partial charge in [-0.1, -0.05) is 309 Å². The summed E-state index contributed by atoms with van der Waals surface area (Å²) in [5.41, 5.74) is 0. The minimum Gasteiger partial charge on any atom is -0.462 e. The summed E-state index contributed by atoms with van der Waals surface area (Å²) in [5.74, 6) is -1.44. The van der Waals surface area contributed by atoms with Gasteiger partial charge in [0.05, 0.1) is 26.4 Å². The number of unbranched alkanes of at least 4 members (excludes halogenated alkanes) is 41. The van der Waals surface area contributed by atoms with E-state index in [0.29, 0.717) is 25.7 Å². The molecule has 0 radical (unpaired) electrons. The van der Waals surface area contributed by atoms with E-state index in [4.69, 9.17) is 37.0 Å². The summed E-state index contributed by atoms with van der Waals surface area (Å²) < 4.78 is 68.2. The van der Waals surface area contributed by atoms with Crippen LogP contribution in [-0.2, 0) is 65.4 Å². The molecule has 0 amide bonds. The average Bonchev–Trinajstić information content (AvgIpc) is 2.44. The molecule has 0 fully saturated rings. The Balaban J connectivity index is 5.21. The molecule has 19 heteroatoms. The van der Waals surface area contributed by atoms with Crippen molar-refractivity contribution in [1.29, 1.82) is 0 Å². The highest BCUT2D eigenvalue weighted by atomic mass is 31.2. The van der Waals surface area contributed by atoms with Gasteiger partial charge in [0.15, 0.2) is 12.2 Å². The Morgan fingerprint density at radius 3 is 0.882 bits per heavy atom. The maximum Gasteiger partial charge on any atom is 0.472 e. The molecule has 0 saturated heterocycles. The quantitative estimate of drug-likeness (QED) is 0.0169. The Morgan fingerprint density at radius 2 is 0.581 bits per heavy atom. The fraction of sp³-hybridized carbons (Fsp3) is 0.892. The molecule has 93 heavy (non-hydrogen) atoms. The predicted octanol–water partition coefficient (Wildman–Crippen LogP) is 21.2. The number of esters is 4. The number of carbonyl (C=O) groups is 4. The van der Waals surface area contributed by atoms with Crippen LogP contribution < -0.4 is 0 Å². The zero-order valence-electron chi connectivity index (χ0n) is 59.9. The molecule has 0 saturated carbocycles. The molecule has 2 unspecified atom stereocenters. The second-order valence-electron chi connectivity index (χ2n) is 26.5. The first-order valence-corrected chi connectivity index (χ1v) is 40.9. The highest BCUT2D eigenvalue weighted by Gasteiger charge is 2.30. The van der Waals surface area contributed by atoms with Gasteiger partial charge in [-0.15, -0.1) is 0 Å². The van der Waals surface area contributed by atoms with E-state index in [1.807, 2.05) is 0 Å². The number of aliphatic hydroxyl groups excluding tert-OH is 1. The molecule has 0 aromatic carbocycles. The van der Waals surface area contributed by atoms with Crippen molar-refractivity contribution in [3.8, 4) is 0 Å². The first-order chi connectivity index (χ1) is 45.0. The van der Waals surface area contributed by atoms with Crippen molar-refractivity contribution in [1.82, 2.24) is 0 Å². The number of phosphoric acid groups is 2. The van der Waals surface area contributed by atoms with Crippen LogP contribution in [0.2, 0.25) is 0 Å². The van der Waals surface area contributed by atoms with Crippen LogP contribution in [-0.4, -0.2) is 96.7 Å². The van der Waals surface area contributed by atoms with Crippen LogP contribution in [0.15, 0.2) is 24.3 Å². The van der Waals surface area contributed by atoms with Crippen molar-refractivity contribution in [2.75, 3.05) is 39.6 Å². The lowest BCUT2D eigenvalue weighted by Gasteiger charge is -2.21. The first-order valence-electron chi connectivity index (χ1n) is 38.0. The van der Waals surface area contributed by atoms with Gasteiger partial charge < -0.3 is 33.8 Å². The summed E-state index contributed by atoms with van der Waals surface area (Å²) in [7, 11) is -9.91. The van der Waals surface area contributed by atoms with Crippen molar-refractivity contribution in [3.63, 3.8) is 0 Å². The molecule has 0 rings (SSSR count). The van der Waals surface area contributed by atoms with Gasteiger partial charge in [-0.05, 0) is 57.3 Å². The van der Waals surface area contributed by atoms with E-state index >= 15 is 0 Å². The lowest BCUT2D eigenvalue weighted by molar-refractivity contribution is -0.161. The third-order valence-corrected chi connectivity index (χ3v) is 18.6. The molecule has 5 atom stereocenters. The van der Waals surface area contributed by atoms with Crippen LogP contribution in [0.1, 0.15) is 362 Å². The summed E-state index contributed by atoms with van der Waals surface area (Å²) in [6.07, 6.45) is 58.0. The highest BCUT2D eigenvalue weighted by Crippen LogP contribution is 2.45. The van der Waals surface area contributed by atoms with E-state index in [2.05, 4.69) is 58.9 Å². The Bertz CT molecular complexity index is 1880. The van der Waals surface area contributed by atoms with Crippen LogP contribution >= 0.6 is 15.6 Å². The number of carbonyl (C=O) groups excluding carboxylic acids is 4. The van der Waals surface area contributed by atoms with Gasteiger partial charge in [-0.2, -0.15) is 0 Å². The first kappa shape index (κ1) is 90.5. The lowest BCUT2D eigenvalue weighted by Crippen LogP contribution is -2.30. The summed E-state index contributed by atoms with van der Waals surface area (Å²) >= 11 is 0. The maximum absolute atomic E-state index is 13.1. The van der Waals surface area contributed by atoms with Crippen LogP contribution in [0.3, 0.4) is 0 Å². The van der Waals surface area contributed by atoms with E-state index < -0.39 is 97.5 Å². The van der Waals surface area contributed by atoms with Crippen LogP contribution in [0.4, 0.5) is 0 Å². The van der Waals surface area contributed by atoms with E-state index in [1.54, 1.807) is 0 Å². The maximum atomic E-state index is 13.1. The number of allylic oxidation sites excluding steroid dienone is 4. The van der Waals surface area contributed by atoms with Crippen molar-refractivity contribution in [3.05, 3.63) is 24.3 Å². The Kier molecular flexibility index (Phi) is 65.0. The molecule has 0 bridgehead atoms. The molecule has 0 aromatic heterocycles. The SMILES string of the molecule is CCCCCC/C=C\C=C/CCCCCCCC(=O)OC[C@H](COP(=O)(O)OC[C@@H](O)COP(=O)(O)OC[C@@H](COC(=O)CCCCCCCCC)OC(=O)CCCCCCCCCCC(C)C)OC(=O)CCCCCCCCCCCCCCCCCCCCCC. The zero-order chi connectivity index (χ0) is 68.4. The number of ether oxygens (including phenoxy) is 4. The highest BCUT2D eigenvalue weighted by molar-refractivity contribution is 7.47. The van der Waals surface area contributed by atoms with Gasteiger partial charge in [0, 0.05) is 25.7 Å². The number of hydrogen-bond donors (Lipinski definition) is 3. The summed E-state index contributed by atoms with van der Waals surface area (Å²) in [6, 6.07) is 0. The molecule has 3 N–H and O–H groups in total. The van der Waals surface area contributed by atoms with Crippen LogP contribution in [0, 0.1) is 5.92 Å². The standard InChI is InChI=1S/C74H140O17P2/c1-6-9-12-15-18-20-22-24-26-27-28-29-30-32-34-36-38-44-49-54-59-73(78)90-70(64-85-72(77)58-53-48-43-37-35-33-31-25-23-21-19-16-13-10-7-2)66-89-93(82,83)87-62-68(75)61-86-92(80,81)88-65-69(63-84-71(76)57-52-47-41-17-14-11-8-3)91-74(79)60-55-50-45-40-39-42-46-51-56-67(4)5/h21,23,25,31,67-70,75H,6-20,22,24,26-30,32-66H2,1-5H3,(H,80,81)(H,82,83)/b23-21-,31-25-/t68-,69+,70+/m0/s1. The predicted molar refractivity (Wildman–Crippen MR) is 377 cm³/mol. The lowest BCUT2D eigenvalue weighted by atomic mass is 10.0. The minimum absolute atomic E-state index is 0.102. The summed E-state index contributed by atoms with van der Waals surface area (Å²) in [5, 5.41) is 10.6. The summed E-state index contributed by atoms with van der Waals surface area (Å²) in [6.45, 7) is 7.12. The fourth-order valence-corrected chi connectivity index (χ4v) is 12.4. The Labute approximate surface area is 567 Å². The molecule has 0 aliphatic heterocycles. The number of hydrogen-bond acceptors (Lipinski definition) is 15. The Morgan fingerprint density at radius 1 is 0.333 bits per heavy atom. The van der Waals surface area contributed by atoms with Crippen LogP contribution in [0.25, 0.3) is 0 Å². The monoisotopic (exact) mass is 1360 g/mol. The van der Waals surface area contributed by atoms with Gasteiger partial charge in [0.25, 0.3) is 0 Å². The van der Waals surface area contributed by atoms with Gasteiger partial charge in [-0.25, -0.2) is 9.13 Å². The smallest absolute Gasteiger partial charge is 0.462 e. The third-order valence-electron chi connectivity index (χ3n) is 16.7. The molecule has 0 heterocycles. The molecule has 0 aliphatic rings. The second kappa shape index (κ2) is 66.8. The molecule has 0 aliphatic carbocycles. The van der Waals surface area contributed by atoms with Crippen molar-refractivity contribution in [2.24, 2.45) is 5.92 Å². The molecule has 0 spiro atoms. The van der Waals surface area contributed by atoms with Gasteiger partial charge in [0.1, 0.15) is 19.3 Å².